The first-order valence-electron chi connectivity index (χ1n) is 13.3. The number of hydrogen-bond acceptors (Lipinski definition) is 4. The van der Waals surface area contributed by atoms with Crippen molar-refractivity contribution >= 4 is 27.5 Å². The molecule has 0 heterocycles. The fourth-order valence-electron chi connectivity index (χ4n) is 4.21. The van der Waals surface area contributed by atoms with Crippen molar-refractivity contribution in [2.75, 3.05) is 17.4 Å². The molecule has 3 aromatic rings. The zero-order chi connectivity index (χ0) is 31.1. The molecule has 0 saturated heterocycles. The number of alkyl halides is 3. The lowest BCUT2D eigenvalue weighted by Gasteiger charge is -2.33. The van der Waals surface area contributed by atoms with Gasteiger partial charge in [0.15, 0.2) is 0 Å². The van der Waals surface area contributed by atoms with E-state index in [0.29, 0.717) is 22.5 Å². The van der Waals surface area contributed by atoms with E-state index in [4.69, 9.17) is 0 Å². The SMILES string of the molecule is CCC(C(=O)NCC(C)C)N(Cc1ccc(F)cc1)C(=O)CN(c1cccc(C(F)(F)F)c1)S(=O)(=O)c1ccccc1. The van der Waals surface area contributed by atoms with E-state index in [9.17, 15) is 35.6 Å². The van der Waals surface area contributed by atoms with E-state index >= 15 is 0 Å². The Morgan fingerprint density at radius 1 is 0.929 bits per heavy atom. The van der Waals surface area contributed by atoms with E-state index in [1.807, 2.05) is 13.8 Å². The molecule has 0 aliphatic rings. The third kappa shape index (κ3) is 8.31. The van der Waals surface area contributed by atoms with Gasteiger partial charge in [0.05, 0.1) is 16.1 Å². The Balaban J connectivity index is 2.09. The second-order valence-electron chi connectivity index (χ2n) is 10.1. The second kappa shape index (κ2) is 13.8. The number of sulfonamides is 1. The fourth-order valence-corrected chi connectivity index (χ4v) is 5.64. The summed E-state index contributed by atoms with van der Waals surface area (Å²) in [5, 5.41) is 2.78. The molecule has 0 spiro atoms. The quantitative estimate of drug-likeness (QED) is 0.271. The van der Waals surface area contributed by atoms with Gasteiger partial charge < -0.3 is 10.2 Å². The summed E-state index contributed by atoms with van der Waals surface area (Å²) in [6, 6.07) is 14.9. The van der Waals surface area contributed by atoms with Crippen molar-refractivity contribution in [3.8, 4) is 0 Å². The number of nitrogens with zero attached hydrogens (tertiary/aromatic N) is 2. The predicted octanol–water partition coefficient (Wildman–Crippen LogP) is 5.62. The van der Waals surface area contributed by atoms with Gasteiger partial charge in [-0.3, -0.25) is 13.9 Å². The van der Waals surface area contributed by atoms with Crippen LogP contribution in [0.4, 0.5) is 23.2 Å². The zero-order valence-electron chi connectivity index (χ0n) is 23.4. The number of rotatable bonds is 12. The smallest absolute Gasteiger partial charge is 0.354 e. The van der Waals surface area contributed by atoms with Gasteiger partial charge in [0, 0.05) is 13.1 Å². The normalized spacial score (nSPS) is 12.6. The van der Waals surface area contributed by atoms with Gasteiger partial charge in [-0.2, -0.15) is 13.2 Å². The lowest BCUT2D eigenvalue weighted by Crippen LogP contribution is -2.52. The van der Waals surface area contributed by atoms with Crippen molar-refractivity contribution in [3.05, 3.63) is 95.8 Å². The van der Waals surface area contributed by atoms with Gasteiger partial charge in [-0.15, -0.1) is 0 Å². The van der Waals surface area contributed by atoms with Gasteiger partial charge in [0.2, 0.25) is 11.8 Å². The topological polar surface area (TPSA) is 86.8 Å². The molecule has 226 valence electrons. The molecule has 12 heteroatoms. The van der Waals surface area contributed by atoms with E-state index in [1.165, 1.54) is 59.5 Å². The average molecular weight is 608 g/mol. The summed E-state index contributed by atoms with van der Waals surface area (Å²) in [4.78, 5) is 28.1. The van der Waals surface area contributed by atoms with Crippen LogP contribution in [0.3, 0.4) is 0 Å². The fraction of sp³-hybridized carbons (Fsp3) is 0.333. The van der Waals surface area contributed by atoms with Crippen LogP contribution in [-0.4, -0.2) is 44.3 Å². The van der Waals surface area contributed by atoms with E-state index in [2.05, 4.69) is 5.32 Å². The van der Waals surface area contributed by atoms with Gasteiger partial charge in [-0.25, -0.2) is 12.8 Å². The molecule has 7 nitrogen and oxygen atoms in total. The van der Waals surface area contributed by atoms with Crippen molar-refractivity contribution < 1.29 is 35.6 Å². The summed E-state index contributed by atoms with van der Waals surface area (Å²) in [6.07, 6.45) is -4.61. The van der Waals surface area contributed by atoms with Crippen LogP contribution in [0, 0.1) is 11.7 Å². The standard InChI is InChI=1S/C30H33F4N3O4S/c1-4-27(29(39)35-18-21(2)3)36(19-22-13-15-24(31)16-14-22)28(38)20-37(42(40,41)26-11-6-5-7-12-26)25-10-8-9-23(17-25)30(32,33)34/h5-17,21,27H,4,18-20H2,1-3H3,(H,35,39). The molecule has 0 aliphatic heterocycles. The molecule has 0 radical (unpaired) electrons. The van der Waals surface area contributed by atoms with Crippen LogP contribution in [0.2, 0.25) is 0 Å². The van der Waals surface area contributed by atoms with Gasteiger partial charge in [0.25, 0.3) is 10.0 Å². The number of anilines is 1. The van der Waals surface area contributed by atoms with E-state index in [0.717, 1.165) is 12.1 Å². The van der Waals surface area contributed by atoms with Crippen LogP contribution in [0.15, 0.2) is 83.8 Å². The van der Waals surface area contributed by atoms with Crippen molar-refractivity contribution in [2.24, 2.45) is 5.92 Å². The zero-order valence-corrected chi connectivity index (χ0v) is 24.3. The van der Waals surface area contributed by atoms with Crippen LogP contribution >= 0.6 is 0 Å². The van der Waals surface area contributed by atoms with Crippen LogP contribution in [0.25, 0.3) is 0 Å². The summed E-state index contributed by atoms with van der Waals surface area (Å²) in [5.74, 6) is -1.70. The third-order valence-corrected chi connectivity index (χ3v) is 8.20. The van der Waals surface area contributed by atoms with E-state index in [1.54, 1.807) is 13.0 Å². The number of halogens is 4. The lowest BCUT2D eigenvalue weighted by atomic mass is 10.1. The number of carbonyl (C=O) groups is 2. The van der Waals surface area contributed by atoms with Crippen molar-refractivity contribution in [2.45, 2.75) is 50.9 Å². The summed E-state index contributed by atoms with van der Waals surface area (Å²) in [5.41, 5.74) is -0.999. The molecule has 0 aromatic heterocycles. The monoisotopic (exact) mass is 607 g/mol. The molecule has 1 unspecified atom stereocenters. The second-order valence-corrected chi connectivity index (χ2v) is 11.9. The van der Waals surface area contributed by atoms with Gasteiger partial charge >= 0.3 is 6.18 Å². The number of carbonyl (C=O) groups excluding carboxylic acids is 2. The molecule has 1 atom stereocenters. The molecular weight excluding hydrogens is 574 g/mol. The van der Waals surface area contributed by atoms with Crippen molar-refractivity contribution in [1.29, 1.82) is 0 Å². The molecule has 42 heavy (non-hydrogen) atoms. The summed E-state index contributed by atoms with van der Waals surface area (Å²) in [7, 11) is -4.53. The average Bonchev–Trinajstić information content (AvgIpc) is 2.95. The maximum atomic E-state index is 13.9. The Morgan fingerprint density at radius 3 is 2.14 bits per heavy atom. The molecular formula is C30H33F4N3O4S. The maximum absolute atomic E-state index is 13.9. The minimum Gasteiger partial charge on any atom is -0.354 e. The van der Waals surface area contributed by atoms with Crippen LogP contribution in [0.5, 0.6) is 0 Å². The first kappa shape index (κ1) is 32.6. The number of hydrogen-bond donors (Lipinski definition) is 1. The Labute approximate surface area is 243 Å². The van der Waals surface area contributed by atoms with Crippen LogP contribution in [-0.2, 0) is 32.3 Å². The summed E-state index contributed by atoms with van der Waals surface area (Å²) < 4.78 is 82.4. The summed E-state index contributed by atoms with van der Waals surface area (Å²) >= 11 is 0. The van der Waals surface area contributed by atoms with Gasteiger partial charge in [-0.1, -0.05) is 57.2 Å². The summed E-state index contributed by atoms with van der Waals surface area (Å²) in [6.45, 7) is 4.72. The highest BCUT2D eigenvalue weighted by atomic mass is 32.2. The highest BCUT2D eigenvalue weighted by molar-refractivity contribution is 7.92. The number of nitrogens with one attached hydrogen (secondary N) is 1. The van der Waals surface area contributed by atoms with Crippen molar-refractivity contribution in [1.82, 2.24) is 10.2 Å². The maximum Gasteiger partial charge on any atom is 0.416 e. The van der Waals surface area contributed by atoms with Crippen LogP contribution < -0.4 is 9.62 Å². The van der Waals surface area contributed by atoms with Gasteiger partial charge in [-0.05, 0) is 60.4 Å². The first-order valence-corrected chi connectivity index (χ1v) is 14.7. The molecule has 2 amide bonds. The van der Waals surface area contributed by atoms with E-state index < -0.39 is 52.0 Å². The molecule has 3 rings (SSSR count). The molecule has 0 saturated carbocycles. The Hall–Kier alpha value is -3.93. The number of amides is 2. The lowest BCUT2D eigenvalue weighted by molar-refractivity contribution is -0.140. The molecule has 0 fully saturated rings. The molecule has 3 aromatic carbocycles. The highest BCUT2D eigenvalue weighted by Crippen LogP contribution is 2.33. The Bertz CT molecular complexity index is 1460. The molecule has 0 aliphatic carbocycles. The predicted molar refractivity (Wildman–Crippen MR) is 151 cm³/mol. The highest BCUT2D eigenvalue weighted by Gasteiger charge is 2.36. The Kier molecular flexibility index (Phi) is 10.7. The minimum atomic E-state index is -4.77. The minimum absolute atomic E-state index is 0.111. The van der Waals surface area contributed by atoms with E-state index in [-0.39, 0.29) is 29.5 Å². The number of benzene rings is 3. The Morgan fingerprint density at radius 2 is 1.57 bits per heavy atom. The molecule has 0 bridgehead atoms. The third-order valence-electron chi connectivity index (χ3n) is 6.41. The molecule has 1 N–H and O–H groups in total. The van der Waals surface area contributed by atoms with Crippen molar-refractivity contribution in [3.63, 3.8) is 0 Å². The van der Waals surface area contributed by atoms with Gasteiger partial charge in [0.1, 0.15) is 18.4 Å². The van der Waals surface area contributed by atoms with Crippen LogP contribution in [0.1, 0.15) is 38.3 Å². The first-order chi connectivity index (χ1) is 19.7. The largest absolute Gasteiger partial charge is 0.416 e.